The van der Waals surface area contributed by atoms with Gasteiger partial charge in [0.05, 0.1) is 6.42 Å². The number of aliphatic carboxylic acids is 1. The third kappa shape index (κ3) is 2.58. The Bertz CT molecular complexity index is 341. The van der Waals surface area contributed by atoms with E-state index in [1.807, 2.05) is 22.6 Å². The van der Waals surface area contributed by atoms with Gasteiger partial charge in [-0.2, -0.15) is 0 Å². The number of fused-ring (bicyclic) bond motifs is 2. The van der Waals surface area contributed by atoms with Crippen LogP contribution >= 0.6 is 22.6 Å². The molecule has 4 unspecified atom stereocenters. The zero-order valence-corrected chi connectivity index (χ0v) is 12.0. The van der Waals surface area contributed by atoms with E-state index in [9.17, 15) is 9.59 Å². The molecule has 0 amide bonds. The van der Waals surface area contributed by atoms with Gasteiger partial charge in [0, 0.05) is 0 Å². The highest BCUT2D eigenvalue weighted by atomic mass is 127. The maximum atomic E-state index is 11.7. The van der Waals surface area contributed by atoms with Crippen LogP contribution in [0.15, 0.2) is 0 Å². The van der Waals surface area contributed by atoms with Crippen LogP contribution < -0.4 is 0 Å². The number of carbonyl (C=O) groups excluding carboxylic acids is 1. The highest BCUT2D eigenvalue weighted by molar-refractivity contribution is 14.1. The zero-order chi connectivity index (χ0) is 12.6. The Morgan fingerprint density at radius 3 is 2.65 bits per heavy atom. The van der Waals surface area contributed by atoms with Gasteiger partial charge in [0.1, 0.15) is 9.53 Å². The monoisotopic (exact) mass is 352 g/mol. The van der Waals surface area contributed by atoms with E-state index in [0.717, 1.165) is 25.7 Å². The second-order valence-corrected chi connectivity index (χ2v) is 7.12. The summed E-state index contributed by atoms with van der Waals surface area (Å²) in [6.45, 7) is 1.77. The number of carboxylic acid groups (broad SMARTS) is 1. The summed E-state index contributed by atoms with van der Waals surface area (Å²) in [5, 5.41) is 9.03. The van der Waals surface area contributed by atoms with Crippen molar-refractivity contribution in [3.8, 4) is 0 Å². The van der Waals surface area contributed by atoms with Crippen LogP contribution in [0.2, 0.25) is 0 Å². The van der Waals surface area contributed by atoms with Crippen molar-refractivity contribution < 1.29 is 19.4 Å². The van der Waals surface area contributed by atoms with Gasteiger partial charge in [0.2, 0.25) is 0 Å². The topological polar surface area (TPSA) is 63.6 Å². The Kier molecular flexibility index (Phi) is 3.66. The quantitative estimate of drug-likeness (QED) is 0.479. The smallest absolute Gasteiger partial charge is 0.319 e. The molecule has 4 atom stereocenters. The van der Waals surface area contributed by atoms with Crippen molar-refractivity contribution in [1.29, 1.82) is 0 Å². The first kappa shape index (κ1) is 13.1. The summed E-state index contributed by atoms with van der Waals surface area (Å²) < 4.78 is 5.35. The first-order valence-corrected chi connectivity index (χ1v) is 7.26. The SMILES string of the molecule is CC(I)C(=O)OC1(CC(=O)O)CC2CCC1C2. The van der Waals surface area contributed by atoms with Gasteiger partial charge < -0.3 is 9.84 Å². The Morgan fingerprint density at radius 1 is 1.53 bits per heavy atom. The van der Waals surface area contributed by atoms with Gasteiger partial charge in [0.15, 0.2) is 0 Å². The number of esters is 1. The maximum Gasteiger partial charge on any atom is 0.319 e. The van der Waals surface area contributed by atoms with E-state index in [4.69, 9.17) is 9.84 Å². The number of carbonyl (C=O) groups is 2. The molecule has 0 spiro atoms. The summed E-state index contributed by atoms with van der Waals surface area (Å²) in [6, 6.07) is 0. The van der Waals surface area contributed by atoms with Crippen molar-refractivity contribution in [2.75, 3.05) is 0 Å². The van der Waals surface area contributed by atoms with Gasteiger partial charge in [0.25, 0.3) is 0 Å². The van der Waals surface area contributed by atoms with Gasteiger partial charge in [-0.15, -0.1) is 0 Å². The molecule has 0 aromatic rings. The van der Waals surface area contributed by atoms with E-state index < -0.39 is 11.6 Å². The minimum atomic E-state index is -0.869. The van der Waals surface area contributed by atoms with E-state index >= 15 is 0 Å². The molecule has 0 aromatic heterocycles. The molecule has 2 aliphatic carbocycles. The third-order valence-corrected chi connectivity index (χ3v) is 4.51. The van der Waals surface area contributed by atoms with Crippen LogP contribution in [0, 0.1) is 11.8 Å². The van der Waals surface area contributed by atoms with Crippen LogP contribution in [-0.2, 0) is 14.3 Å². The van der Waals surface area contributed by atoms with Crippen molar-refractivity contribution >= 4 is 34.5 Å². The molecular weight excluding hydrogens is 335 g/mol. The molecule has 1 N–H and O–H groups in total. The first-order chi connectivity index (χ1) is 7.93. The summed E-state index contributed by atoms with van der Waals surface area (Å²) in [5.74, 6) is -0.342. The lowest BCUT2D eigenvalue weighted by molar-refractivity contribution is -0.170. The van der Waals surface area contributed by atoms with Gasteiger partial charge in [-0.05, 0) is 44.4 Å². The standard InChI is InChI=1S/C12H17IO4/c1-7(13)11(16)17-12(6-10(14)15)5-8-2-3-9(12)4-8/h7-9H,2-6H2,1H3,(H,14,15). The molecule has 0 aromatic carbocycles. The number of alkyl halides is 1. The summed E-state index contributed by atoms with van der Waals surface area (Å²) in [5.41, 5.74) is -0.717. The van der Waals surface area contributed by atoms with E-state index in [2.05, 4.69) is 0 Å². The summed E-state index contributed by atoms with van der Waals surface area (Å²) >= 11 is 2.00. The van der Waals surface area contributed by atoms with Crippen LogP contribution in [0.5, 0.6) is 0 Å². The zero-order valence-electron chi connectivity index (χ0n) is 9.82. The number of ether oxygens (including phenoxy) is 1. The molecule has 0 heterocycles. The second kappa shape index (κ2) is 4.74. The molecule has 0 saturated heterocycles. The van der Waals surface area contributed by atoms with Crippen LogP contribution in [0.1, 0.15) is 39.0 Å². The Hall–Kier alpha value is -0.330. The largest absolute Gasteiger partial charge is 0.481 e. The van der Waals surface area contributed by atoms with E-state index in [1.54, 1.807) is 6.92 Å². The Morgan fingerprint density at radius 2 is 2.24 bits per heavy atom. The molecule has 2 bridgehead atoms. The molecule has 2 aliphatic rings. The van der Waals surface area contributed by atoms with Crippen LogP contribution in [-0.4, -0.2) is 26.6 Å². The maximum absolute atomic E-state index is 11.7. The third-order valence-electron chi connectivity index (χ3n) is 4.00. The van der Waals surface area contributed by atoms with Crippen LogP contribution in [0.3, 0.4) is 0 Å². The Labute approximate surface area is 114 Å². The predicted octanol–water partition coefficient (Wildman–Crippen LogP) is 2.39. The number of hydrogen-bond acceptors (Lipinski definition) is 3. The molecule has 96 valence electrons. The molecule has 0 aliphatic heterocycles. The van der Waals surface area contributed by atoms with Crippen molar-refractivity contribution in [2.24, 2.45) is 11.8 Å². The number of halogens is 1. The average molecular weight is 352 g/mol. The first-order valence-electron chi connectivity index (χ1n) is 6.01. The van der Waals surface area contributed by atoms with Crippen molar-refractivity contribution in [1.82, 2.24) is 0 Å². The van der Waals surface area contributed by atoms with Crippen LogP contribution in [0.4, 0.5) is 0 Å². The normalized spacial score (nSPS) is 36.8. The lowest BCUT2D eigenvalue weighted by Gasteiger charge is -2.36. The van der Waals surface area contributed by atoms with Gasteiger partial charge >= 0.3 is 11.9 Å². The number of rotatable bonds is 4. The fourth-order valence-corrected chi connectivity index (χ4v) is 3.44. The van der Waals surface area contributed by atoms with Gasteiger partial charge in [-0.25, -0.2) is 0 Å². The minimum Gasteiger partial charge on any atom is -0.481 e. The van der Waals surface area contributed by atoms with E-state index in [-0.39, 0.29) is 22.2 Å². The number of hydrogen-bond donors (Lipinski definition) is 1. The van der Waals surface area contributed by atoms with Gasteiger partial charge in [-0.3, -0.25) is 9.59 Å². The lowest BCUT2D eigenvalue weighted by atomic mass is 9.81. The molecule has 4 nitrogen and oxygen atoms in total. The van der Waals surface area contributed by atoms with Crippen molar-refractivity contribution in [3.63, 3.8) is 0 Å². The highest BCUT2D eigenvalue weighted by Gasteiger charge is 2.54. The molecule has 5 heteroatoms. The van der Waals surface area contributed by atoms with E-state index in [0.29, 0.717) is 5.92 Å². The fourth-order valence-electron chi connectivity index (χ4n) is 3.31. The van der Waals surface area contributed by atoms with Crippen molar-refractivity contribution in [3.05, 3.63) is 0 Å². The fraction of sp³-hybridized carbons (Fsp3) is 0.833. The lowest BCUT2D eigenvalue weighted by Crippen LogP contribution is -2.43. The molecule has 2 rings (SSSR count). The van der Waals surface area contributed by atoms with Crippen molar-refractivity contribution in [2.45, 2.75) is 48.6 Å². The molecule has 2 saturated carbocycles. The highest BCUT2D eigenvalue weighted by Crippen LogP contribution is 2.54. The summed E-state index contributed by atoms with van der Waals surface area (Å²) in [4.78, 5) is 22.7. The van der Waals surface area contributed by atoms with Gasteiger partial charge in [-0.1, -0.05) is 22.6 Å². The molecule has 0 radical (unpaired) electrons. The van der Waals surface area contributed by atoms with E-state index in [1.165, 1.54) is 0 Å². The van der Waals surface area contributed by atoms with Crippen LogP contribution in [0.25, 0.3) is 0 Å². The number of carboxylic acids is 1. The Balaban J connectivity index is 2.14. The minimum absolute atomic E-state index is 0.0384. The predicted molar refractivity (Wildman–Crippen MR) is 70.0 cm³/mol. The molecule has 17 heavy (non-hydrogen) atoms. The summed E-state index contributed by atoms with van der Waals surface area (Å²) in [6.07, 6.45) is 3.88. The molecular formula is C12H17IO4. The second-order valence-electron chi connectivity index (χ2n) is 5.25. The molecule has 2 fully saturated rings. The average Bonchev–Trinajstić information content (AvgIpc) is 2.75. The summed E-state index contributed by atoms with van der Waals surface area (Å²) in [7, 11) is 0.